The van der Waals surface area contributed by atoms with E-state index in [1.54, 1.807) is 37.2 Å². The lowest BCUT2D eigenvalue weighted by atomic mass is 10.0. The highest BCUT2D eigenvalue weighted by Crippen LogP contribution is 2.36. The van der Waals surface area contributed by atoms with Gasteiger partial charge in [0.25, 0.3) is 5.56 Å². The number of ether oxygens (including phenoxy) is 2. The second kappa shape index (κ2) is 9.08. The van der Waals surface area contributed by atoms with Crippen molar-refractivity contribution in [2.24, 2.45) is 7.05 Å². The fraction of sp³-hybridized carbons (Fsp3) is 0.348. The van der Waals surface area contributed by atoms with Crippen molar-refractivity contribution in [1.82, 2.24) is 14.5 Å². The third kappa shape index (κ3) is 4.73. The molecule has 1 aromatic carbocycles. The molecule has 0 saturated carbocycles. The Bertz CT molecular complexity index is 1100. The van der Waals surface area contributed by atoms with Gasteiger partial charge < -0.3 is 14.4 Å². The van der Waals surface area contributed by atoms with Crippen LogP contribution in [0.3, 0.4) is 0 Å². The van der Waals surface area contributed by atoms with E-state index in [4.69, 9.17) is 14.5 Å². The highest BCUT2D eigenvalue weighted by molar-refractivity contribution is 5.85. The summed E-state index contributed by atoms with van der Waals surface area (Å²) in [6.45, 7) is 5.27. The van der Waals surface area contributed by atoms with E-state index < -0.39 is 5.60 Å². The largest absolute Gasteiger partial charge is 0.496 e. The molecular weight excluding hydrogens is 416 g/mol. The van der Waals surface area contributed by atoms with E-state index in [0.29, 0.717) is 24.7 Å². The van der Waals surface area contributed by atoms with Crippen molar-refractivity contribution in [3.63, 3.8) is 0 Å². The average Bonchev–Trinajstić information content (AvgIpc) is 2.75. The maximum atomic E-state index is 12.7. The van der Waals surface area contributed by atoms with Gasteiger partial charge in [-0.3, -0.25) is 14.3 Å². The number of hydrogen-bond donors (Lipinski definition) is 0. The van der Waals surface area contributed by atoms with E-state index in [2.05, 4.69) is 9.88 Å². The number of hydrogen-bond acceptors (Lipinski definition) is 6. The van der Waals surface area contributed by atoms with Crippen LogP contribution in [-0.4, -0.2) is 40.3 Å². The molecule has 1 saturated heterocycles. The molecule has 0 N–H and O–H groups in total. The third-order valence-electron chi connectivity index (χ3n) is 5.28. The molecule has 0 aliphatic carbocycles. The first-order chi connectivity index (χ1) is 14.4. The summed E-state index contributed by atoms with van der Waals surface area (Å²) in [5.41, 5.74) is 1.93. The summed E-state index contributed by atoms with van der Waals surface area (Å²) in [5.74, 6) is 1.40. The van der Waals surface area contributed by atoms with Crippen molar-refractivity contribution in [1.29, 1.82) is 0 Å². The second-order valence-electron chi connectivity index (χ2n) is 8.06. The van der Waals surface area contributed by atoms with E-state index in [-0.39, 0.29) is 24.1 Å². The molecule has 0 amide bonds. The fourth-order valence-electron chi connectivity index (χ4n) is 3.91. The van der Waals surface area contributed by atoms with Crippen molar-refractivity contribution in [3.05, 3.63) is 70.8 Å². The topological polar surface area (TPSA) is 69.5 Å². The molecule has 0 radical (unpaired) electrons. The van der Waals surface area contributed by atoms with Gasteiger partial charge in [0.2, 0.25) is 5.95 Å². The number of anilines is 1. The van der Waals surface area contributed by atoms with Crippen LogP contribution in [0.15, 0.2) is 59.7 Å². The smallest absolute Gasteiger partial charge is 0.255 e. The van der Waals surface area contributed by atoms with Crippen LogP contribution in [0, 0.1) is 0 Å². The van der Waals surface area contributed by atoms with Gasteiger partial charge >= 0.3 is 0 Å². The van der Waals surface area contributed by atoms with Gasteiger partial charge in [0, 0.05) is 43.2 Å². The van der Waals surface area contributed by atoms with Crippen molar-refractivity contribution >= 4 is 18.4 Å². The summed E-state index contributed by atoms with van der Waals surface area (Å²) in [6, 6.07) is 13.1. The number of nitrogens with zero attached hydrogens (tertiary/aromatic N) is 4. The lowest BCUT2D eigenvalue weighted by molar-refractivity contribution is -0.0867. The first kappa shape index (κ1) is 22.8. The van der Waals surface area contributed by atoms with Crippen molar-refractivity contribution in [2.45, 2.75) is 25.6 Å². The number of aromatic nitrogens is 3. The molecule has 1 fully saturated rings. The van der Waals surface area contributed by atoms with Crippen LogP contribution in [0.2, 0.25) is 0 Å². The Labute approximate surface area is 188 Å². The number of benzene rings is 1. The predicted molar refractivity (Wildman–Crippen MR) is 123 cm³/mol. The zero-order valence-corrected chi connectivity index (χ0v) is 18.9. The standard InChI is InChI=1S/C23H26N4O3.ClH/c1-23(2)15-27(14-20(30-23)17-7-5-6-8-19(17)29-4)22-25-18(13-21(28)26(22)3)16-9-11-24-12-10-16;/h5-13,20H,14-15H2,1-4H3;1H. The van der Waals surface area contributed by atoms with Gasteiger partial charge in [-0.25, -0.2) is 4.98 Å². The molecule has 4 rings (SSSR count). The molecular formula is C23H27ClN4O3. The lowest BCUT2D eigenvalue weighted by Gasteiger charge is -2.43. The van der Waals surface area contributed by atoms with E-state index in [1.807, 2.05) is 50.2 Å². The van der Waals surface area contributed by atoms with Crippen LogP contribution in [0.1, 0.15) is 25.5 Å². The Hall–Kier alpha value is -2.90. The Morgan fingerprint density at radius 2 is 1.87 bits per heavy atom. The SMILES string of the molecule is COc1ccccc1C1CN(c2nc(-c3ccncc3)cc(=O)n2C)CC(C)(C)O1.Cl. The zero-order valence-electron chi connectivity index (χ0n) is 18.1. The molecule has 0 spiro atoms. The molecule has 31 heavy (non-hydrogen) atoms. The first-order valence-corrected chi connectivity index (χ1v) is 9.92. The van der Waals surface area contributed by atoms with Gasteiger partial charge in [-0.1, -0.05) is 18.2 Å². The van der Waals surface area contributed by atoms with Crippen LogP contribution in [0.5, 0.6) is 5.75 Å². The summed E-state index contributed by atoms with van der Waals surface area (Å²) in [4.78, 5) is 23.7. The Morgan fingerprint density at radius 1 is 1.16 bits per heavy atom. The number of morpholine rings is 1. The molecule has 1 atom stereocenters. The third-order valence-corrected chi connectivity index (χ3v) is 5.28. The molecule has 3 aromatic rings. The van der Waals surface area contributed by atoms with Crippen LogP contribution in [0.25, 0.3) is 11.3 Å². The highest BCUT2D eigenvalue weighted by Gasteiger charge is 2.36. The Balaban J connectivity index is 0.00000272. The van der Waals surface area contributed by atoms with E-state index in [0.717, 1.165) is 16.9 Å². The van der Waals surface area contributed by atoms with Crippen molar-refractivity contribution in [2.75, 3.05) is 25.1 Å². The monoisotopic (exact) mass is 442 g/mol. The molecule has 1 aliphatic rings. The van der Waals surface area contributed by atoms with Crippen LogP contribution in [0.4, 0.5) is 5.95 Å². The molecule has 7 nitrogen and oxygen atoms in total. The first-order valence-electron chi connectivity index (χ1n) is 9.92. The van der Waals surface area contributed by atoms with Gasteiger partial charge in [0.05, 0.1) is 24.9 Å². The van der Waals surface area contributed by atoms with Crippen LogP contribution >= 0.6 is 12.4 Å². The second-order valence-corrected chi connectivity index (χ2v) is 8.06. The van der Waals surface area contributed by atoms with Crippen molar-refractivity contribution < 1.29 is 9.47 Å². The Morgan fingerprint density at radius 3 is 2.58 bits per heavy atom. The van der Waals surface area contributed by atoms with E-state index in [9.17, 15) is 4.79 Å². The number of pyridine rings is 1. The summed E-state index contributed by atoms with van der Waals surface area (Å²) in [6.07, 6.45) is 3.18. The summed E-state index contributed by atoms with van der Waals surface area (Å²) in [7, 11) is 3.41. The van der Waals surface area contributed by atoms with Gasteiger partial charge in [-0.05, 0) is 32.0 Å². The lowest BCUT2D eigenvalue weighted by Crippen LogP contribution is -2.51. The van der Waals surface area contributed by atoms with Crippen molar-refractivity contribution in [3.8, 4) is 17.0 Å². The number of methoxy groups -OCH3 is 1. The maximum absolute atomic E-state index is 12.7. The summed E-state index contributed by atoms with van der Waals surface area (Å²) < 4.78 is 13.5. The minimum atomic E-state index is -0.436. The van der Waals surface area contributed by atoms with E-state index >= 15 is 0 Å². The molecule has 164 valence electrons. The van der Waals surface area contributed by atoms with Crippen LogP contribution in [-0.2, 0) is 11.8 Å². The highest BCUT2D eigenvalue weighted by atomic mass is 35.5. The number of rotatable bonds is 4. The van der Waals surface area contributed by atoms with Gasteiger partial charge in [0.1, 0.15) is 11.9 Å². The maximum Gasteiger partial charge on any atom is 0.255 e. The van der Waals surface area contributed by atoms with Gasteiger partial charge in [0.15, 0.2) is 0 Å². The van der Waals surface area contributed by atoms with Gasteiger partial charge in [-0.2, -0.15) is 0 Å². The minimum Gasteiger partial charge on any atom is -0.496 e. The van der Waals surface area contributed by atoms with Crippen LogP contribution < -0.4 is 15.2 Å². The molecule has 8 heteroatoms. The molecule has 1 aliphatic heterocycles. The van der Waals surface area contributed by atoms with E-state index in [1.165, 1.54) is 0 Å². The molecule has 3 heterocycles. The molecule has 0 bridgehead atoms. The predicted octanol–water partition coefficient (Wildman–Crippen LogP) is 3.63. The molecule has 1 unspecified atom stereocenters. The Kier molecular flexibility index (Phi) is 6.67. The molecule has 2 aromatic heterocycles. The average molecular weight is 443 g/mol. The normalized spacial score (nSPS) is 17.7. The zero-order chi connectivity index (χ0) is 21.3. The van der Waals surface area contributed by atoms with Gasteiger partial charge in [-0.15, -0.1) is 12.4 Å². The number of halogens is 1. The summed E-state index contributed by atoms with van der Waals surface area (Å²) >= 11 is 0. The quantitative estimate of drug-likeness (QED) is 0.614. The summed E-state index contributed by atoms with van der Waals surface area (Å²) in [5, 5.41) is 0. The minimum absolute atomic E-state index is 0. The number of para-hydroxylation sites is 1. The fourth-order valence-corrected chi connectivity index (χ4v) is 3.91.